The molecular formula is C16H16BrN. The number of benzene rings is 2. The zero-order valence-electron chi connectivity index (χ0n) is 10.9. The minimum atomic E-state index is 1.03. The highest BCUT2D eigenvalue weighted by molar-refractivity contribution is 9.10. The number of halogens is 1. The van der Waals surface area contributed by atoms with Gasteiger partial charge in [-0.2, -0.15) is 0 Å². The third-order valence-electron chi connectivity index (χ3n) is 2.98. The van der Waals surface area contributed by atoms with Crippen molar-refractivity contribution in [2.45, 2.75) is 20.8 Å². The number of para-hydroxylation sites is 1. The lowest BCUT2D eigenvalue weighted by Crippen LogP contribution is -1.96. The molecule has 0 aliphatic heterocycles. The molecule has 2 rings (SSSR count). The highest BCUT2D eigenvalue weighted by Crippen LogP contribution is 2.25. The molecule has 0 spiro atoms. The average Bonchev–Trinajstić information content (AvgIpc) is 2.34. The lowest BCUT2D eigenvalue weighted by Gasteiger charge is -2.08. The predicted molar refractivity (Wildman–Crippen MR) is 81.9 cm³/mol. The molecule has 2 aromatic rings. The number of hydrogen-bond donors (Lipinski definition) is 0. The Bertz CT molecular complexity index is 580. The predicted octanol–water partition coefficient (Wildman–Crippen LogP) is 5.21. The van der Waals surface area contributed by atoms with Gasteiger partial charge in [0.25, 0.3) is 0 Å². The van der Waals surface area contributed by atoms with Crippen LogP contribution in [0.5, 0.6) is 0 Å². The van der Waals surface area contributed by atoms with E-state index in [1.54, 1.807) is 0 Å². The van der Waals surface area contributed by atoms with Crippen LogP contribution in [0.4, 0.5) is 5.69 Å². The third-order valence-corrected chi connectivity index (χ3v) is 3.67. The summed E-state index contributed by atoms with van der Waals surface area (Å²) in [5.41, 5.74) is 5.66. The van der Waals surface area contributed by atoms with Gasteiger partial charge in [0.15, 0.2) is 0 Å². The zero-order chi connectivity index (χ0) is 13.1. The Kier molecular flexibility index (Phi) is 3.97. The Morgan fingerprint density at radius 2 is 1.56 bits per heavy atom. The van der Waals surface area contributed by atoms with E-state index in [1.807, 2.05) is 25.1 Å². The molecule has 0 heterocycles. The Hall–Kier alpha value is -1.41. The molecule has 0 fully saturated rings. The summed E-state index contributed by atoms with van der Waals surface area (Å²) in [7, 11) is 0. The van der Waals surface area contributed by atoms with Crippen LogP contribution in [0.3, 0.4) is 0 Å². The first kappa shape index (κ1) is 13.0. The third kappa shape index (κ3) is 2.70. The maximum atomic E-state index is 4.78. The van der Waals surface area contributed by atoms with E-state index in [0.717, 1.165) is 21.4 Å². The van der Waals surface area contributed by atoms with Crippen LogP contribution in [0.2, 0.25) is 0 Å². The van der Waals surface area contributed by atoms with Crippen molar-refractivity contribution in [3.8, 4) is 0 Å². The second-order valence-corrected chi connectivity index (χ2v) is 5.27. The second-order valence-electron chi connectivity index (χ2n) is 4.42. The molecule has 0 aliphatic rings. The Morgan fingerprint density at radius 3 is 2.17 bits per heavy atom. The first-order valence-corrected chi connectivity index (χ1v) is 6.75. The van der Waals surface area contributed by atoms with Crippen LogP contribution in [-0.4, -0.2) is 5.71 Å². The summed E-state index contributed by atoms with van der Waals surface area (Å²) in [6, 6.07) is 14.4. The van der Waals surface area contributed by atoms with Crippen LogP contribution in [0.1, 0.15) is 23.6 Å². The van der Waals surface area contributed by atoms with E-state index in [2.05, 4.69) is 54.0 Å². The molecule has 0 aromatic heterocycles. The lowest BCUT2D eigenvalue weighted by atomic mass is 10.1. The lowest BCUT2D eigenvalue weighted by molar-refractivity contribution is 1.32. The summed E-state index contributed by atoms with van der Waals surface area (Å²) in [5, 5.41) is 0. The van der Waals surface area contributed by atoms with Crippen LogP contribution >= 0.6 is 15.9 Å². The fourth-order valence-corrected chi connectivity index (χ4v) is 2.54. The van der Waals surface area contributed by atoms with Gasteiger partial charge >= 0.3 is 0 Å². The normalized spacial score (nSPS) is 11.7. The average molecular weight is 302 g/mol. The van der Waals surface area contributed by atoms with Gasteiger partial charge in [-0.3, -0.25) is 4.99 Å². The van der Waals surface area contributed by atoms with Gasteiger partial charge in [0, 0.05) is 15.7 Å². The molecule has 0 unspecified atom stereocenters. The van der Waals surface area contributed by atoms with E-state index >= 15 is 0 Å². The summed E-state index contributed by atoms with van der Waals surface area (Å²) in [5.74, 6) is 0. The largest absolute Gasteiger partial charge is 0.253 e. The van der Waals surface area contributed by atoms with Crippen LogP contribution in [-0.2, 0) is 0 Å². The molecular weight excluding hydrogens is 286 g/mol. The minimum absolute atomic E-state index is 1.03. The molecule has 1 nitrogen and oxygen atoms in total. The van der Waals surface area contributed by atoms with E-state index < -0.39 is 0 Å². The molecule has 0 aliphatic carbocycles. The maximum Gasteiger partial charge on any atom is 0.0691 e. The summed E-state index contributed by atoms with van der Waals surface area (Å²) >= 11 is 3.57. The molecule has 0 amide bonds. The first-order chi connectivity index (χ1) is 8.59. The van der Waals surface area contributed by atoms with Crippen LogP contribution in [0, 0.1) is 13.8 Å². The summed E-state index contributed by atoms with van der Waals surface area (Å²) in [4.78, 5) is 4.78. The molecule has 0 saturated carbocycles. The number of aliphatic imine (C=N–C) groups is 1. The molecule has 2 heteroatoms. The molecule has 18 heavy (non-hydrogen) atoms. The Balaban J connectivity index is 2.49. The van der Waals surface area contributed by atoms with E-state index in [0.29, 0.717) is 0 Å². The van der Waals surface area contributed by atoms with Gasteiger partial charge in [-0.15, -0.1) is 0 Å². The number of rotatable bonds is 2. The highest BCUT2D eigenvalue weighted by atomic mass is 79.9. The van der Waals surface area contributed by atoms with Crippen molar-refractivity contribution >= 4 is 27.3 Å². The van der Waals surface area contributed by atoms with Gasteiger partial charge in [-0.1, -0.05) is 52.3 Å². The number of nitrogens with zero attached hydrogens (tertiary/aromatic N) is 1. The number of hydrogen-bond acceptors (Lipinski definition) is 1. The quantitative estimate of drug-likeness (QED) is 0.676. The van der Waals surface area contributed by atoms with E-state index in [4.69, 9.17) is 4.99 Å². The van der Waals surface area contributed by atoms with Gasteiger partial charge in [0.05, 0.1) is 5.69 Å². The SMILES string of the molecule is CC(=Nc1c(C)cccc1C)c1ccccc1Br. The van der Waals surface area contributed by atoms with E-state index in [1.165, 1.54) is 11.1 Å². The summed E-state index contributed by atoms with van der Waals surface area (Å²) in [6.45, 7) is 6.24. The monoisotopic (exact) mass is 301 g/mol. The van der Waals surface area contributed by atoms with Crippen molar-refractivity contribution in [2.75, 3.05) is 0 Å². The minimum Gasteiger partial charge on any atom is -0.253 e. The van der Waals surface area contributed by atoms with Crippen molar-refractivity contribution in [3.63, 3.8) is 0 Å². The van der Waals surface area contributed by atoms with Crippen LogP contribution in [0.15, 0.2) is 51.9 Å². The van der Waals surface area contributed by atoms with Gasteiger partial charge in [0.2, 0.25) is 0 Å². The van der Waals surface area contributed by atoms with Crippen molar-refractivity contribution in [2.24, 2.45) is 4.99 Å². The van der Waals surface area contributed by atoms with Crippen LogP contribution in [0.25, 0.3) is 0 Å². The maximum absolute atomic E-state index is 4.78. The molecule has 0 atom stereocenters. The molecule has 0 bridgehead atoms. The molecule has 0 N–H and O–H groups in total. The molecule has 0 saturated heterocycles. The Labute approximate surface area is 117 Å². The standard InChI is InChI=1S/C16H16BrN/c1-11-7-6-8-12(2)16(11)18-13(3)14-9-4-5-10-15(14)17/h4-10H,1-3H3. The van der Waals surface area contributed by atoms with Gasteiger partial charge < -0.3 is 0 Å². The fourth-order valence-electron chi connectivity index (χ4n) is 1.96. The van der Waals surface area contributed by atoms with Crippen LogP contribution < -0.4 is 0 Å². The molecule has 92 valence electrons. The highest BCUT2D eigenvalue weighted by Gasteiger charge is 2.05. The Morgan fingerprint density at radius 1 is 0.944 bits per heavy atom. The van der Waals surface area contributed by atoms with E-state index in [9.17, 15) is 0 Å². The topological polar surface area (TPSA) is 12.4 Å². The van der Waals surface area contributed by atoms with Gasteiger partial charge in [-0.25, -0.2) is 0 Å². The van der Waals surface area contributed by atoms with Gasteiger partial charge in [-0.05, 0) is 38.0 Å². The smallest absolute Gasteiger partial charge is 0.0691 e. The number of aryl methyl sites for hydroxylation is 2. The van der Waals surface area contributed by atoms with E-state index in [-0.39, 0.29) is 0 Å². The fraction of sp³-hybridized carbons (Fsp3) is 0.188. The van der Waals surface area contributed by atoms with Crippen molar-refractivity contribution in [1.82, 2.24) is 0 Å². The van der Waals surface area contributed by atoms with Crippen molar-refractivity contribution < 1.29 is 0 Å². The first-order valence-electron chi connectivity index (χ1n) is 5.96. The summed E-state index contributed by atoms with van der Waals surface area (Å²) < 4.78 is 1.08. The van der Waals surface area contributed by atoms with Crippen molar-refractivity contribution in [3.05, 3.63) is 63.6 Å². The molecule has 0 radical (unpaired) electrons. The van der Waals surface area contributed by atoms with Crippen molar-refractivity contribution in [1.29, 1.82) is 0 Å². The van der Waals surface area contributed by atoms with Gasteiger partial charge in [0.1, 0.15) is 0 Å². The molecule has 2 aromatic carbocycles. The zero-order valence-corrected chi connectivity index (χ0v) is 12.5. The second kappa shape index (κ2) is 5.49. The summed E-state index contributed by atoms with van der Waals surface area (Å²) in [6.07, 6.45) is 0.